The van der Waals surface area contributed by atoms with Gasteiger partial charge in [0.25, 0.3) is 0 Å². The van der Waals surface area contributed by atoms with Crippen LogP contribution in [0.2, 0.25) is 0 Å². The summed E-state index contributed by atoms with van der Waals surface area (Å²) >= 11 is 0. The molecule has 10 nitrogen and oxygen atoms in total. The summed E-state index contributed by atoms with van der Waals surface area (Å²) in [4.78, 5) is 66.0. The maximum atomic E-state index is 15.0. The summed E-state index contributed by atoms with van der Waals surface area (Å²) in [6.07, 6.45) is 13.1. The number of piperazine rings is 1. The predicted octanol–water partition coefficient (Wildman–Crippen LogP) is 5.86. The van der Waals surface area contributed by atoms with E-state index in [0.29, 0.717) is 58.5 Å². The Morgan fingerprint density at radius 1 is 0.906 bits per heavy atom. The van der Waals surface area contributed by atoms with Crippen LogP contribution >= 0.6 is 0 Å². The highest BCUT2D eigenvalue weighted by molar-refractivity contribution is 5.94. The van der Waals surface area contributed by atoms with Gasteiger partial charge in [-0.25, -0.2) is 0 Å². The first-order chi connectivity index (χ1) is 25.7. The third-order valence-corrected chi connectivity index (χ3v) is 14.8. The van der Waals surface area contributed by atoms with Crippen molar-refractivity contribution in [3.05, 3.63) is 47.9 Å². The monoisotopic (exact) mass is 719 g/mol. The lowest BCUT2D eigenvalue weighted by Gasteiger charge is -2.57. The lowest BCUT2D eigenvalue weighted by atomic mass is 9.49. The predicted molar refractivity (Wildman–Crippen MR) is 199 cm³/mol. The largest absolute Gasteiger partial charge is 0.464 e. The van der Waals surface area contributed by atoms with Crippen molar-refractivity contribution < 1.29 is 23.6 Å². The van der Waals surface area contributed by atoms with E-state index in [9.17, 15) is 14.4 Å². The molecule has 1 aromatic carbocycles. The zero-order valence-electron chi connectivity index (χ0n) is 31.0. The van der Waals surface area contributed by atoms with Crippen LogP contribution in [0.5, 0.6) is 0 Å². The Hall–Kier alpha value is -4.08. The minimum atomic E-state index is -0.862. The van der Waals surface area contributed by atoms with E-state index in [1.807, 2.05) is 26.8 Å². The molecule has 4 amide bonds. The number of hydrogen-bond donors (Lipinski definition) is 2. The number of benzene rings is 1. The molecule has 10 heteroatoms. The molecule has 4 bridgehead atoms. The van der Waals surface area contributed by atoms with Crippen LogP contribution in [-0.4, -0.2) is 82.6 Å². The second-order valence-electron chi connectivity index (χ2n) is 18.0. The molecular formula is C43H53N5O5. The summed E-state index contributed by atoms with van der Waals surface area (Å²) in [6.45, 7) is 5.38. The number of carbonyl (C=O) groups excluding carboxylic acids is 4. The Morgan fingerprint density at radius 2 is 1.60 bits per heavy atom. The molecule has 3 aromatic rings. The van der Waals surface area contributed by atoms with Gasteiger partial charge in [-0.3, -0.25) is 19.2 Å². The van der Waals surface area contributed by atoms with Crippen molar-refractivity contribution in [3.8, 4) is 11.3 Å². The van der Waals surface area contributed by atoms with Crippen LogP contribution in [0.3, 0.4) is 0 Å². The topological polar surface area (TPSA) is 119 Å². The zero-order chi connectivity index (χ0) is 36.1. The zero-order valence-corrected chi connectivity index (χ0v) is 31.0. The highest BCUT2D eigenvalue weighted by Gasteiger charge is 2.59. The van der Waals surface area contributed by atoms with Gasteiger partial charge in [0, 0.05) is 79.7 Å². The third-order valence-electron chi connectivity index (χ3n) is 14.8. The number of H-pyrrole nitrogens is 1. The van der Waals surface area contributed by atoms with E-state index in [1.165, 1.54) is 44.1 Å². The van der Waals surface area contributed by atoms with Gasteiger partial charge in [-0.15, -0.1) is 0 Å². The van der Waals surface area contributed by atoms with Crippen LogP contribution in [-0.2, 0) is 31.1 Å². The van der Waals surface area contributed by atoms with E-state index in [-0.39, 0.29) is 41.4 Å². The molecule has 0 spiro atoms. The van der Waals surface area contributed by atoms with Crippen LogP contribution in [0.25, 0.3) is 22.2 Å². The molecule has 5 heterocycles. The molecule has 2 saturated heterocycles. The smallest absolute Gasteiger partial charge is 0.228 e. The maximum Gasteiger partial charge on any atom is 0.228 e. The molecule has 5 saturated carbocycles. The molecule has 3 aliphatic heterocycles. The molecule has 2 N–H and O–H groups in total. The number of nitrogens with one attached hydrogen (secondary N) is 2. The maximum absolute atomic E-state index is 15.0. The molecule has 11 rings (SSSR count). The van der Waals surface area contributed by atoms with Gasteiger partial charge >= 0.3 is 0 Å². The fourth-order valence-corrected chi connectivity index (χ4v) is 12.6. The molecule has 7 fully saturated rings. The number of amides is 4. The molecular weight excluding hydrogens is 667 g/mol. The van der Waals surface area contributed by atoms with Gasteiger partial charge < -0.3 is 29.4 Å². The average molecular weight is 720 g/mol. The number of nitrogens with zero attached hydrogens (tertiary/aromatic N) is 3. The van der Waals surface area contributed by atoms with Gasteiger partial charge in [0.05, 0.1) is 17.7 Å². The molecule has 3 atom stereocenters. The number of carbonyl (C=O) groups is 4. The lowest BCUT2D eigenvalue weighted by Crippen LogP contribution is -2.66. The summed E-state index contributed by atoms with van der Waals surface area (Å²) in [6, 6.07) is 10.2. The van der Waals surface area contributed by atoms with Crippen molar-refractivity contribution in [2.45, 2.75) is 89.5 Å². The van der Waals surface area contributed by atoms with Crippen LogP contribution in [0, 0.1) is 40.9 Å². The van der Waals surface area contributed by atoms with Gasteiger partial charge in [-0.2, -0.15) is 0 Å². The van der Waals surface area contributed by atoms with Crippen molar-refractivity contribution in [2.24, 2.45) is 40.9 Å². The number of hydrogen-bond acceptors (Lipinski definition) is 5. The van der Waals surface area contributed by atoms with Gasteiger partial charge in [-0.05, 0) is 118 Å². The van der Waals surface area contributed by atoms with Crippen molar-refractivity contribution in [2.75, 3.05) is 39.3 Å². The Bertz CT molecular complexity index is 1920. The fourth-order valence-electron chi connectivity index (χ4n) is 12.6. The quantitative estimate of drug-likeness (QED) is 0.303. The summed E-state index contributed by atoms with van der Waals surface area (Å²) in [5, 5.41) is 4.44. The van der Waals surface area contributed by atoms with Crippen molar-refractivity contribution >= 4 is 34.5 Å². The van der Waals surface area contributed by atoms with Crippen LogP contribution < -0.4 is 5.32 Å². The Labute approximate surface area is 311 Å². The number of fused-ring (bicyclic) bond motifs is 5. The second-order valence-corrected chi connectivity index (χ2v) is 18.0. The van der Waals surface area contributed by atoms with Crippen LogP contribution in [0.15, 0.2) is 41.0 Å². The molecule has 8 aliphatic rings. The number of piperidine rings is 1. The van der Waals surface area contributed by atoms with Crippen molar-refractivity contribution in [1.29, 1.82) is 0 Å². The number of aromatic amines is 1. The first-order valence-corrected chi connectivity index (χ1v) is 20.6. The van der Waals surface area contributed by atoms with Crippen molar-refractivity contribution in [1.82, 2.24) is 25.0 Å². The summed E-state index contributed by atoms with van der Waals surface area (Å²) < 4.78 is 5.71. The van der Waals surface area contributed by atoms with E-state index < -0.39 is 17.4 Å². The van der Waals surface area contributed by atoms with Crippen LogP contribution in [0.4, 0.5) is 0 Å². The average Bonchev–Trinajstić information content (AvgIpc) is 3.72. The number of rotatable bonds is 8. The van der Waals surface area contributed by atoms with Gasteiger partial charge in [0.15, 0.2) is 0 Å². The molecule has 0 unspecified atom stereocenters. The first kappa shape index (κ1) is 33.5. The standard InChI is InChI=1S/C43H53N5O5/c1-2-43-34(41(52)47-13-11-46(12-14-47)39(50)29-5-6-29)19-31(21-37(49)44-25-42-22-26-16-27(23-42)18-28(17-26)24-42)40(51)48(43)10-9-33-32-8-7-30(36-4-3-15-53-36)20-35(32)45-38(33)43/h3-4,7-8,15,20,26-29,31,34,45H,2,5-6,9-14,16-19,21-25H2,1H3,(H,44,49)/t26?,27?,28?,31-,34-,42?,43+/m1/s1. The van der Waals surface area contributed by atoms with E-state index in [2.05, 4.69) is 35.4 Å². The molecule has 280 valence electrons. The first-order valence-electron chi connectivity index (χ1n) is 20.6. The highest BCUT2D eigenvalue weighted by Crippen LogP contribution is 2.60. The number of furan rings is 1. The SMILES string of the molecule is CC[C@]12c3[nH]c4cc(-c5ccco5)ccc4c3CCN1C(=O)[C@@H](CC(=O)NCC13CC4CC(CC(C4)C1)C3)C[C@@H]2C(=O)N1CCN(C(=O)C2CC2)CC1. The lowest BCUT2D eigenvalue weighted by molar-refractivity contribution is -0.168. The minimum Gasteiger partial charge on any atom is -0.464 e. The summed E-state index contributed by atoms with van der Waals surface area (Å²) in [5.41, 5.74) is 3.41. The van der Waals surface area contributed by atoms with E-state index in [4.69, 9.17) is 4.42 Å². The third kappa shape index (κ3) is 5.47. The van der Waals surface area contributed by atoms with Crippen LogP contribution in [0.1, 0.15) is 88.8 Å². The van der Waals surface area contributed by atoms with E-state index >= 15 is 4.79 Å². The molecule has 2 aromatic heterocycles. The summed E-state index contributed by atoms with van der Waals surface area (Å²) in [7, 11) is 0. The Morgan fingerprint density at radius 3 is 2.25 bits per heavy atom. The molecule has 53 heavy (non-hydrogen) atoms. The molecule has 0 radical (unpaired) electrons. The molecule has 5 aliphatic carbocycles. The Kier molecular flexibility index (Phi) is 7.89. The van der Waals surface area contributed by atoms with E-state index in [1.54, 1.807) is 6.26 Å². The minimum absolute atomic E-state index is 0.0127. The fraction of sp³-hybridized carbons (Fsp3) is 0.628. The second kappa shape index (κ2) is 12.5. The summed E-state index contributed by atoms with van der Waals surface area (Å²) in [5.74, 6) is 2.48. The van der Waals surface area contributed by atoms with Gasteiger partial charge in [0.2, 0.25) is 23.6 Å². The van der Waals surface area contributed by atoms with E-state index in [0.717, 1.165) is 58.5 Å². The number of aromatic nitrogens is 1. The highest BCUT2D eigenvalue weighted by atomic mass is 16.3. The van der Waals surface area contributed by atoms with Gasteiger partial charge in [0.1, 0.15) is 5.76 Å². The van der Waals surface area contributed by atoms with Crippen molar-refractivity contribution in [3.63, 3.8) is 0 Å². The van der Waals surface area contributed by atoms with Gasteiger partial charge in [-0.1, -0.05) is 19.1 Å². The Balaban J connectivity index is 0.948. The normalized spacial score (nSPS) is 33.3.